The van der Waals surface area contributed by atoms with Gasteiger partial charge in [0.25, 0.3) is 5.91 Å². The maximum absolute atomic E-state index is 11.9. The largest absolute Gasteiger partial charge is 0.452 e. The van der Waals surface area contributed by atoms with E-state index in [1.165, 1.54) is 6.08 Å². The molecule has 0 aliphatic rings. The Balaban J connectivity index is 1.49. The highest BCUT2D eigenvalue weighted by Crippen LogP contribution is 2.22. The van der Waals surface area contributed by atoms with Crippen molar-refractivity contribution in [3.05, 3.63) is 76.8 Å². The van der Waals surface area contributed by atoms with E-state index in [9.17, 15) is 9.59 Å². The van der Waals surface area contributed by atoms with E-state index in [0.717, 1.165) is 16.7 Å². The van der Waals surface area contributed by atoms with Gasteiger partial charge in [-0.1, -0.05) is 58.7 Å². The number of hydrogen-bond donors (Lipinski definition) is 1. The summed E-state index contributed by atoms with van der Waals surface area (Å²) in [5, 5.41) is 6.97. The number of carbonyl (C=O) groups is 2. The molecule has 0 fully saturated rings. The minimum atomic E-state index is -0.645. The molecular formula is C21H17ClN2O4. The molecule has 2 aromatic carbocycles. The van der Waals surface area contributed by atoms with Crippen LogP contribution in [0.25, 0.3) is 17.3 Å². The summed E-state index contributed by atoms with van der Waals surface area (Å²) in [5.41, 5.74) is 3.34. The zero-order valence-corrected chi connectivity index (χ0v) is 15.8. The summed E-state index contributed by atoms with van der Waals surface area (Å²) in [4.78, 5) is 23.6. The molecular weight excluding hydrogens is 380 g/mol. The SMILES string of the molecule is Cc1ccc(-c2cc(NC(=O)COC(=O)/C=C/c3cccc(Cl)c3)on2)cc1. The number of aromatic nitrogens is 1. The van der Waals surface area contributed by atoms with Gasteiger partial charge in [-0.05, 0) is 30.7 Å². The molecule has 1 amide bonds. The van der Waals surface area contributed by atoms with E-state index in [0.29, 0.717) is 10.7 Å². The summed E-state index contributed by atoms with van der Waals surface area (Å²) in [6.07, 6.45) is 2.78. The molecule has 1 aromatic heterocycles. The number of halogens is 1. The van der Waals surface area contributed by atoms with Gasteiger partial charge in [-0.2, -0.15) is 0 Å². The predicted octanol–water partition coefficient (Wildman–Crippen LogP) is 4.50. The van der Waals surface area contributed by atoms with Gasteiger partial charge >= 0.3 is 5.97 Å². The van der Waals surface area contributed by atoms with E-state index < -0.39 is 18.5 Å². The minimum Gasteiger partial charge on any atom is -0.452 e. The van der Waals surface area contributed by atoms with Crippen LogP contribution in [0.15, 0.2) is 65.2 Å². The van der Waals surface area contributed by atoms with Gasteiger partial charge in [0.05, 0.1) is 0 Å². The molecule has 1 N–H and O–H groups in total. The van der Waals surface area contributed by atoms with E-state index in [2.05, 4.69) is 10.5 Å². The Hall–Kier alpha value is -3.38. The van der Waals surface area contributed by atoms with Gasteiger partial charge < -0.3 is 9.26 Å². The Morgan fingerprint density at radius 2 is 1.96 bits per heavy atom. The standard InChI is InChI=1S/C21H17ClN2O4/c1-14-5-8-16(9-6-14)18-12-20(28-24-18)23-19(25)13-27-21(26)10-7-15-3-2-4-17(22)11-15/h2-12H,13H2,1H3,(H,23,25)/b10-7+. The first-order chi connectivity index (χ1) is 13.5. The molecule has 0 atom stereocenters. The van der Waals surface area contributed by atoms with Crippen LogP contribution in [0.1, 0.15) is 11.1 Å². The maximum atomic E-state index is 11.9. The molecule has 28 heavy (non-hydrogen) atoms. The fraction of sp³-hybridized carbons (Fsp3) is 0.0952. The quantitative estimate of drug-likeness (QED) is 0.490. The molecule has 0 spiro atoms. The van der Waals surface area contributed by atoms with Crippen molar-refractivity contribution in [2.45, 2.75) is 6.92 Å². The van der Waals surface area contributed by atoms with Crippen molar-refractivity contribution >= 4 is 35.4 Å². The van der Waals surface area contributed by atoms with E-state index in [-0.39, 0.29) is 5.88 Å². The second-order valence-corrected chi connectivity index (χ2v) is 6.42. The third-order valence-electron chi connectivity index (χ3n) is 3.73. The van der Waals surface area contributed by atoms with E-state index in [4.69, 9.17) is 20.9 Å². The second-order valence-electron chi connectivity index (χ2n) is 5.99. The monoisotopic (exact) mass is 396 g/mol. The number of ether oxygens (including phenoxy) is 1. The van der Waals surface area contributed by atoms with Crippen LogP contribution in [0.4, 0.5) is 5.88 Å². The number of esters is 1. The van der Waals surface area contributed by atoms with Crippen LogP contribution in [-0.2, 0) is 14.3 Å². The molecule has 142 valence electrons. The highest BCUT2D eigenvalue weighted by atomic mass is 35.5. The molecule has 0 aliphatic carbocycles. The summed E-state index contributed by atoms with van der Waals surface area (Å²) < 4.78 is 9.99. The molecule has 0 saturated carbocycles. The van der Waals surface area contributed by atoms with Gasteiger partial charge in [0, 0.05) is 22.7 Å². The summed E-state index contributed by atoms with van der Waals surface area (Å²) in [6, 6.07) is 16.3. The van der Waals surface area contributed by atoms with Gasteiger partial charge in [0.2, 0.25) is 5.88 Å². The summed E-state index contributed by atoms with van der Waals surface area (Å²) >= 11 is 5.87. The van der Waals surface area contributed by atoms with E-state index >= 15 is 0 Å². The van der Waals surface area contributed by atoms with E-state index in [1.807, 2.05) is 31.2 Å². The molecule has 0 radical (unpaired) electrons. The Morgan fingerprint density at radius 3 is 2.71 bits per heavy atom. The third kappa shape index (κ3) is 5.56. The Kier molecular flexibility index (Phi) is 6.24. The van der Waals surface area contributed by atoms with Crippen LogP contribution in [0, 0.1) is 6.92 Å². The average Bonchev–Trinajstić information content (AvgIpc) is 3.14. The van der Waals surface area contributed by atoms with Crippen molar-refractivity contribution in [3.8, 4) is 11.3 Å². The van der Waals surface area contributed by atoms with Crippen molar-refractivity contribution < 1.29 is 18.8 Å². The number of nitrogens with one attached hydrogen (secondary N) is 1. The third-order valence-corrected chi connectivity index (χ3v) is 3.96. The number of amides is 1. The van der Waals surface area contributed by atoms with Crippen LogP contribution in [-0.4, -0.2) is 23.6 Å². The second kappa shape index (κ2) is 9.01. The Labute approximate surface area is 166 Å². The molecule has 0 aliphatic heterocycles. The van der Waals surface area contributed by atoms with Gasteiger partial charge in [-0.3, -0.25) is 10.1 Å². The number of rotatable bonds is 6. The lowest BCUT2D eigenvalue weighted by Gasteiger charge is -2.01. The molecule has 0 bridgehead atoms. The summed E-state index contributed by atoms with van der Waals surface area (Å²) in [7, 11) is 0. The molecule has 0 saturated heterocycles. The number of benzene rings is 2. The lowest BCUT2D eigenvalue weighted by molar-refractivity contribution is -0.142. The lowest BCUT2D eigenvalue weighted by Crippen LogP contribution is -2.19. The Bertz CT molecular complexity index is 1010. The summed E-state index contributed by atoms with van der Waals surface area (Å²) in [5.74, 6) is -1.00. The molecule has 6 nitrogen and oxygen atoms in total. The van der Waals surface area contributed by atoms with E-state index in [1.54, 1.807) is 36.4 Å². The summed E-state index contributed by atoms with van der Waals surface area (Å²) in [6.45, 7) is 1.54. The van der Waals surface area contributed by atoms with Crippen LogP contribution in [0.3, 0.4) is 0 Å². The number of hydrogen-bond acceptors (Lipinski definition) is 5. The number of aryl methyl sites for hydroxylation is 1. The average molecular weight is 397 g/mol. The molecule has 3 aromatic rings. The topological polar surface area (TPSA) is 81.4 Å². The molecule has 0 unspecified atom stereocenters. The van der Waals surface area contributed by atoms with Gasteiger partial charge in [-0.25, -0.2) is 4.79 Å². The van der Waals surface area contributed by atoms with Crippen LogP contribution >= 0.6 is 11.6 Å². The number of carbonyl (C=O) groups excluding carboxylic acids is 2. The van der Waals surface area contributed by atoms with Crippen molar-refractivity contribution in [2.75, 3.05) is 11.9 Å². The van der Waals surface area contributed by atoms with Crippen molar-refractivity contribution in [2.24, 2.45) is 0 Å². The first-order valence-corrected chi connectivity index (χ1v) is 8.81. The van der Waals surface area contributed by atoms with Crippen LogP contribution in [0.5, 0.6) is 0 Å². The highest BCUT2D eigenvalue weighted by molar-refractivity contribution is 6.30. The predicted molar refractivity (Wildman–Crippen MR) is 107 cm³/mol. The fourth-order valence-electron chi connectivity index (χ4n) is 2.33. The molecule has 7 heteroatoms. The van der Waals surface area contributed by atoms with Crippen LogP contribution < -0.4 is 5.32 Å². The maximum Gasteiger partial charge on any atom is 0.331 e. The van der Waals surface area contributed by atoms with Gasteiger partial charge in [-0.15, -0.1) is 0 Å². The normalized spacial score (nSPS) is 10.8. The van der Waals surface area contributed by atoms with Gasteiger partial charge in [0.1, 0.15) is 5.69 Å². The smallest absolute Gasteiger partial charge is 0.331 e. The zero-order valence-electron chi connectivity index (χ0n) is 15.0. The highest BCUT2D eigenvalue weighted by Gasteiger charge is 2.11. The first-order valence-electron chi connectivity index (χ1n) is 8.43. The minimum absolute atomic E-state index is 0.172. The molecule has 3 rings (SSSR count). The molecule has 1 heterocycles. The van der Waals surface area contributed by atoms with Crippen molar-refractivity contribution in [3.63, 3.8) is 0 Å². The fourth-order valence-corrected chi connectivity index (χ4v) is 2.53. The first kappa shape index (κ1) is 19.4. The lowest BCUT2D eigenvalue weighted by atomic mass is 10.1. The number of anilines is 1. The Morgan fingerprint density at radius 1 is 1.18 bits per heavy atom. The van der Waals surface area contributed by atoms with Gasteiger partial charge in [0.15, 0.2) is 6.61 Å². The van der Waals surface area contributed by atoms with Crippen molar-refractivity contribution in [1.29, 1.82) is 0 Å². The zero-order chi connectivity index (χ0) is 19.9. The number of nitrogens with zero attached hydrogens (tertiary/aromatic N) is 1. The van der Waals surface area contributed by atoms with Crippen molar-refractivity contribution in [1.82, 2.24) is 5.16 Å². The van der Waals surface area contributed by atoms with Crippen LogP contribution in [0.2, 0.25) is 5.02 Å².